The molecule has 1 amide bonds. The highest BCUT2D eigenvalue weighted by Gasteiger charge is 2.02. The first-order chi connectivity index (χ1) is 17.6. The number of amides is 1. The van der Waals surface area contributed by atoms with Gasteiger partial charge in [0.1, 0.15) is 0 Å². The van der Waals surface area contributed by atoms with Crippen LogP contribution in [0.2, 0.25) is 0 Å². The molecule has 0 saturated heterocycles. The zero-order chi connectivity index (χ0) is 26.5. The molecule has 20 heteroatoms. The molecule has 212 valence electrons. The van der Waals surface area contributed by atoms with E-state index in [2.05, 4.69) is 27.9 Å². The summed E-state index contributed by atoms with van der Waals surface area (Å²) in [4.78, 5) is 19.8. The average Bonchev–Trinajstić information content (AvgIpc) is 2.87. The van der Waals surface area contributed by atoms with E-state index in [1.807, 2.05) is 47.0 Å². The van der Waals surface area contributed by atoms with Crippen molar-refractivity contribution in [1.29, 1.82) is 0 Å². The second kappa shape index (κ2) is 32.4. The third kappa shape index (κ3) is 31.4. The number of nitrogens with zero attached hydrogens (tertiary/aromatic N) is 2. The molecule has 0 aromatic heterocycles. The van der Waals surface area contributed by atoms with Gasteiger partial charge in [-0.3, -0.25) is 23.2 Å². The zero-order valence-corrected chi connectivity index (χ0v) is 30.0. The smallest absolute Gasteiger partial charge is 0.280 e. The Morgan fingerprint density at radius 3 is 1.92 bits per heavy atom. The minimum atomic E-state index is -1.11. The Bertz CT molecular complexity index is 634. The van der Waals surface area contributed by atoms with E-state index < -0.39 is 21.6 Å². The number of hydrogen-bond donors (Lipinski definition) is 3. The van der Waals surface area contributed by atoms with Crippen LogP contribution in [0, 0.1) is 0 Å². The van der Waals surface area contributed by atoms with Gasteiger partial charge in [-0.15, -0.1) is 106 Å². The highest BCUT2D eigenvalue weighted by molar-refractivity contribution is 8.30. The summed E-state index contributed by atoms with van der Waals surface area (Å²) in [6.45, 7) is 0. The fraction of sp³-hybridized carbons (Fsp3) is 0.812. The van der Waals surface area contributed by atoms with Gasteiger partial charge in [0, 0.05) is 35.6 Å². The maximum Gasteiger partial charge on any atom is 0.280 e. The molecule has 2 unspecified atom stereocenters. The van der Waals surface area contributed by atoms with Gasteiger partial charge in [0.15, 0.2) is 0 Å². The Morgan fingerprint density at radius 2 is 1.28 bits per heavy atom. The summed E-state index contributed by atoms with van der Waals surface area (Å²) in [6, 6.07) is 0. The highest BCUT2D eigenvalue weighted by Crippen LogP contribution is 2.24. The van der Waals surface area contributed by atoms with E-state index in [0.717, 1.165) is 35.6 Å². The number of nitrogens with one attached hydrogen (secondary N) is 1. The van der Waals surface area contributed by atoms with Gasteiger partial charge in [-0.25, -0.2) is 0 Å². The quantitative estimate of drug-likeness (QED) is 0.0319. The lowest BCUT2D eigenvalue weighted by molar-refractivity contribution is 0.262. The van der Waals surface area contributed by atoms with Crippen LogP contribution in [0.15, 0.2) is 9.98 Å². The fourth-order valence-electron chi connectivity index (χ4n) is 1.44. The van der Waals surface area contributed by atoms with Crippen molar-refractivity contribution in [2.75, 3.05) is 69.3 Å². The molecule has 0 aromatic carbocycles. The van der Waals surface area contributed by atoms with Crippen LogP contribution in [-0.4, -0.2) is 99.2 Å². The summed E-state index contributed by atoms with van der Waals surface area (Å²) in [5.74, 6) is 1.57. The standard InChI is InChI=1S/C16H31N3O4S13/c20-6-27-14-36(23)5-18-2-25-7-28-9-29-8-26-3-19-16(21)34-13-32-11-30-10-31-12-33-15-35(22)4-17-1-24/h4-5,20,24H,1-3,6-15H2,(H,19,21). The molecule has 0 heterocycles. The Hall–Kier alpha value is 2.92. The highest BCUT2D eigenvalue weighted by atomic mass is 32.3. The lowest BCUT2D eigenvalue weighted by Gasteiger charge is -2.05. The fourth-order valence-corrected chi connectivity index (χ4v) is 14.5. The molecule has 0 saturated carbocycles. The maximum atomic E-state index is 11.8. The number of carbonyl (C=O) groups is 1. The van der Waals surface area contributed by atoms with Gasteiger partial charge >= 0.3 is 0 Å². The van der Waals surface area contributed by atoms with Crippen LogP contribution >= 0.6 is 130 Å². The van der Waals surface area contributed by atoms with E-state index in [0.29, 0.717) is 27.8 Å². The Morgan fingerprint density at radius 1 is 0.750 bits per heavy atom. The molecular formula is C16H31N3O4S13. The van der Waals surface area contributed by atoms with Crippen molar-refractivity contribution >= 4 is 168 Å². The number of thioether (sulfide) groups is 10. The van der Waals surface area contributed by atoms with Crippen molar-refractivity contribution in [3.63, 3.8) is 0 Å². The zero-order valence-electron chi connectivity index (χ0n) is 19.3. The normalized spacial score (nSPS) is 13.5. The van der Waals surface area contributed by atoms with Crippen LogP contribution in [0.3, 0.4) is 0 Å². The lowest BCUT2D eigenvalue weighted by Crippen LogP contribution is -2.17. The van der Waals surface area contributed by atoms with E-state index in [4.69, 9.17) is 5.11 Å². The number of hydrogen-bond acceptors (Lipinski definition) is 17. The van der Waals surface area contributed by atoms with Crippen LogP contribution < -0.4 is 5.32 Å². The molecule has 0 aliphatic carbocycles. The van der Waals surface area contributed by atoms with Crippen LogP contribution in [0.25, 0.3) is 0 Å². The molecule has 0 fully saturated rings. The molecular weight excluding hydrogens is 715 g/mol. The van der Waals surface area contributed by atoms with Gasteiger partial charge in [-0.05, 0) is 0 Å². The summed E-state index contributed by atoms with van der Waals surface area (Å²) < 4.78 is 22.9. The van der Waals surface area contributed by atoms with Gasteiger partial charge < -0.3 is 10.4 Å². The summed E-state index contributed by atoms with van der Waals surface area (Å²) in [5.41, 5.74) is 2.91. The molecule has 7 nitrogen and oxygen atoms in total. The molecule has 0 rings (SSSR count). The van der Waals surface area contributed by atoms with Gasteiger partial charge in [0.2, 0.25) is 0 Å². The second-order valence-electron chi connectivity index (χ2n) is 5.39. The molecule has 0 aromatic rings. The summed E-state index contributed by atoms with van der Waals surface area (Å²) in [6.07, 6.45) is 0. The van der Waals surface area contributed by atoms with Gasteiger partial charge in [-0.2, -0.15) is 12.6 Å². The van der Waals surface area contributed by atoms with E-state index >= 15 is 0 Å². The lowest BCUT2D eigenvalue weighted by atomic mass is 11.2. The first-order valence-corrected chi connectivity index (χ1v) is 24.4. The first-order valence-electron chi connectivity index (χ1n) is 9.66. The third-order valence-electron chi connectivity index (χ3n) is 2.71. The van der Waals surface area contributed by atoms with E-state index in [-0.39, 0.29) is 11.2 Å². The van der Waals surface area contributed by atoms with Crippen LogP contribution in [0.5, 0.6) is 0 Å². The Labute approximate surface area is 268 Å². The van der Waals surface area contributed by atoms with E-state index in [1.54, 1.807) is 47.0 Å². The average molecular weight is 746 g/mol. The maximum absolute atomic E-state index is 11.8. The molecule has 36 heavy (non-hydrogen) atoms. The summed E-state index contributed by atoms with van der Waals surface area (Å²) >= 11 is 20.6. The third-order valence-corrected chi connectivity index (χ3v) is 17.2. The Kier molecular flexibility index (Phi) is 35.1. The molecule has 0 aliphatic rings. The van der Waals surface area contributed by atoms with Crippen molar-refractivity contribution in [1.82, 2.24) is 5.32 Å². The van der Waals surface area contributed by atoms with Gasteiger partial charge in [0.05, 0.1) is 66.4 Å². The molecule has 2 N–H and O–H groups in total. The van der Waals surface area contributed by atoms with Crippen molar-refractivity contribution in [3.05, 3.63) is 0 Å². The number of thiol groups is 1. The largest absolute Gasteiger partial charge is 0.386 e. The van der Waals surface area contributed by atoms with Crippen molar-refractivity contribution in [2.24, 2.45) is 9.98 Å². The molecule has 2 atom stereocenters. The minimum absolute atomic E-state index is 0.0204. The number of aliphatic imine (C=N–C) groups is 2. The van der Waals surface area contributed by atoms with Crippen LogP contribution in [0.4, 0.5) is 4.79 Å². The van der Waals surface area contributed by atoms with E-state index in [1.165, 1.54) is 34.6 Å². The van der Waals surface area contributed by atoms with Gasteiger partial charge in [0.25, 0.3) is 5.24 Å². The monoisotopic (exact) mass is 745 g/mol. The predicted octanol–water partition coefficient (Wildman–Crippen LogP) is 5.95. The SMILES string of the molecule is O=C(NCSCSCSCSCN=CS(=O)CSCO)SCSCSCSCSCS(=O)C=NCS. The van der Waals surface area contributed by atoms with Crippen LogP contribution in [-0.2, 0) is 21.6 Å². The molecule has 0 radical (unpaired) electrons. The van der Waals surface area contributed by atoms with E-state index in [9.17, 15) is 13.2 Å². The summed E-state index contributed by atoms with van der Waals surface area (Å²) in [7, 11) is -2.12. The van der Waals surface area contributed by atoms with Crippen LogP contribution in [0.1, 0.15) is 0 Å². The van der Waals surface area contributed by atoms with Crippen molar-refractivity contribution < 1.29 is 18.3 Å². The molecule has 0 aliphatic heterocycles. The van der Waals surface area contributed by atoms with Gasteiger partial charge in [-0.1, -0.05) is 11.8 Å². The van der Waals surface area contributed by atoms with Crippen molar-refractivity contribution in [2.45, 2.75) is 0 Å². The number of aliphatic hydroxyl groups excluding tert-OH is 1. The molecule has 0 spiro atoms. The number of rotatable bonds is 26. The topological polar surface area (TPSA) is 108 Å². The number of carbonyl (C=O) groups excluding carboxylic acids is 1. The van der Waals surface area contributed by atoms with Crippen molar-refractivity contribution in [3.8, 4) is 0 Å². The molecule has 0 bridgehead atoms. The summed E-state index contributed by atoms with van der Waals surface area (Å²) in [5, 5.41) is 19.0. The Balaban J connectivity index is 3.30. The second-order valence-corrected chi connectivity index (χ2v) is 21.2. The minimum Gasteiger partial charge on any atom is -0.386 e. The number of aliphatic hydroxyl groups is 1. The first kappa shape index (κ1) is 38.9. The predicted molar refractivity (Wildman–Crippen MR) is 192 cm³/mol.